The number of nitro benzene ring substituents is 1. The number of benzene rings is 2. The van der Waals surface area contributed by atoms with E-state index in [0.29, 0.717) is 36.2 Å². The van der Waals surface area contributed by atoms with Crippen molar-refractivity contribution >= 4 is 24.0 Å². The van der Waals surface area contributed by atoms with E-state index in [1.54, 1.807) is 19.9 Å². The lowest BCUT2D eigenvalue weighted by Gasteiger charge is -2.32. The molecule has 0 aliphatic carbocycles. The van der Waals surface area contributed by atoms with Gasteiger partial charge in [0.25, 0.3) is 5.69 Å². The molecule has 0 saturated heterocycles. The molecule has 0 saturated carbocycles. The van der Waals surface area contributed by atoms with Crippen molar-refractivity contribution in [1.82, 2.24) is 10.6 Å². The van der Waals surface area contributed by atoms with Crippen LogP contribution in [0, 0.1) is 10.1 Å². The molecule has 0 bridgehead atoms. The Morgan fingerprint density at radius 2 is 1.86 bits per heavy atom. The fourth-order valence-corrected chi connectivity index (χ4v) is 4.48. The van der Waals surface area contributed by atoms with Crippen molar-refractivity contribution in [3.63, 3.8) is 0 Å². The largest absolute Gasteiger partial charge is 0.466 e. The van der Waals surface area contributed by atoms with Crippen LogP contribution in [0.1, 0.15) is 49.8 Å². The fourth-order valence-electron chi connectivity index (χ4n) is 4.48. The molecule has 37 heavy (non-hydrogen) atoms. The number of ether oxygens (including phenoxy) is 2. The Morgan fingerprint density at radius 1 is 1.14 bits per heavy atom. The molecule has 1 amide bonds. The van der Waals surface area contributed by atoms with E-state index in [-0.39, 0.29) is 29.5 Å². The third kappa shape index (κ3) is 6.21. The van der Waals surface area contributed by atoms with E-state index in [2.05, 4.69) is 10.6 Å². The second kappa shape index (κ2) is 12.5. The lowest BCUT2D eigenvalue weighted by atomic mass is 9.79. The molecule has 2 aromatic rings. The Hall–Kier alpha value is -4.47. The number of dihydropyridines is 1. The van der Waals surface area contributed by atoms with Crippen molar-refractivity contribution in [2.24, 2.45) is 0 Å². The summed E-state index contributed by atoms with van der Waals surface area (Å²) in [5.41, 5.74) is 2.34. The zero-order valence-electron chi connectivity index (χ0n) is 20.9. The second-order valence-corrected chi connectivity index (χ2v) is 8.34. The van der Waals surface area contributed by atoms with Crippen LogP contribution in [0.3, 0.4) is 0 Å². The van der Waals surface area contributed by atoms with Gasteiger partial charge in [0.2, 0.25) is 6.41 Å². The van der Waals surface area contributed by atoms with Crippen LogP contribution in [0.25, 0.3) is 0 Å². The smallest absolute Gasteiger partial charge is 0.336 e. The Morgan fingerprint density at radius 3 is 2.49 bits per heavy atom. The highest BCUT2D eigenvalue weighted by Gasteiger charge is 2.39. The molecule has 1 heterocycles. The maximum absolute atomic E-state index is 13.3. The van der Waals surface area contributed by atoms with Crippen LogP contribution in [0.2, 0.25) is 0 Å². The number of nitro groups is 1. The average molecular weight is 508 g/mol. The predicted octanol–water partition coefficient (Wildman–Crippen LogP) is 3.81. The van der Waals surface area contributed by atoms with Gasteiger partial charge in [-0.05, 0) is 37.8 Å². The summed E-state index contributed by atoms with van der Waals surface area (Å²) in [5, 5.41) is 17.5. The van der Waals surface area contributed by atoms with E-state index in [9.17, 15) is 24.5 Å². The molecular weight excluding hydrogens is 478 g/mol. The van der Waals surface area contributed by atoms with Crippen LogP contribution in [-0.4, -0.2) is 37.0 Å². The van der Waals surface area contributed by atoms with Crippen molar-refractivity contribution in [3.05, 3.63) is 98.4 Å². The first-order valence-electron chi connectivity index (χ1n) is 11.8. The van der Waals surface area contributed by atoms with Crippen LogP contribution in [0.15, 0.2) is 77.1 Å². The van der Waals surface area contributed by atoms with Crippen LogP contribution in [-0.2, 0) is 23.9 Å². The molecule has 194 valence electrons. The number of carbonyl (C=O) groups excluding carboxylic acids is 3. The number of carbonyl (C=O) groups is 3. The van der Waals surface area contributed by atoms with Crippen molar-refractivity contribution < 1.29 is 28.8 Å². The van der Waals surface area contributed by atoms with Gasteiger partial charge in [0.15, 0.2) is 0 Å². The van der Waals surface area contributed by atoms with Crippen molar-refractivity contribution in [1.29, 1.82) is 0 Å². The summed E-state index contributed by atoms with van der Waals surface area (Å²) >= 11 is 0. The monoisotopic (exact) mass is 507 g/mol. The molecule has 0 radical (unpaired) electrons. The standard InChI is InChI=1S/C27H29N3O7/c1-4-37-27(33)25-22(14-13-21(28-16-31)18-9-6-5-7-10-18)29-17(2)23(26(32)36-3)24(25)19-11-8-12-20(15-19)30(34)35/h5-12,15-16,21,24,29H,4,13-14H2,1-3H3,(H,28,31). The Kier molecular flexibility index (Phi) is 9.15. The third-order valence-corrected chi connectivity index (χ3v) is 6.11. The van der Waals surface area contributed by atoms with E-state index < -0.39 is 22.8 Å². The van der Waals surface area contributed by atoms with Gasteiger partial charge in [0.1, 0.15) is 0 Å². The Balaban J connectivity index is 2.14. The lowest BCUT2D eigenvalue weighted by Crippen LogP contribution is -2.33. The summed E-state index contributed by atoms with van der Waals surface area (Å²) in [6.45, 7) is 3.43. The molecule has 3 rings (SSSR count). The van der Waals surface area contributed by atoms with Gasteiger partial charge in [-0.15, -0.1) is 0 Å². The molecule has 0 aromatic heterocycles. The van der Waals surface area contributed by atoms with Crippen LogP contribution in [0.4, 0.5) is 5.69 Å². The number of rotatable bonds is 11. The zero-order chi connectivity index (χ0) is 26.9. The van der Waals surface area contributed by atoms with Gasteiger partial charge in [0.05, 0.1) is 41.7 Å². The quantitative estimate of drug-likeness (QED) is 0.203. The van der Waals surface area contributed by atoms with Crippen molar-refractivity contribution in [3.8, 4) is 0 Å². The van der Waals surface area contributed by atoms with Gasteiger partial charge >= 0.3 is 11.9 Å². The normalized spacial score (nSPS) is 15.9. The van der Waals surface area contributed by atoms with Crippen molar-refractivity contribution in [2.75, 3.05) is 13.7 Å². The van der Waals surface area contributed by atoms with Gasteiger partial charge in [-0.1, -0.05) is 42.5 Å². The van der Waals surface area contributed by atoms with E-state index in [1.165, 1.54) is 25.3 Å². The minimum absolute atomic E-state index is 0.0901. The highest BCUT2D eigenvalue weighted by Crippen LogP contribution is 2.41. The number of esters is 2. The number of nitrogens with zero attached hydrogens (tertiary/aromatic N) is 1. The van der Waals surface area contributed by atoms with E-state index in [4.69, 9.17) is 9.47 Å². The first-order valence-corrected chi connectivity index (χ1v) is 11.8. The molecule has 0 fully saturated rings. The topological polar surface area (TPSA) is 137 Å². The van der Waals surface area contributed by atoms with Crippen LogP contribution < -0.4 is 10.6 Å². The second-order valence-electron chi connectivity index (χ2n) is 8.34. The Labute approximate surface area is 214 Å². The number of hydrogen-bond acceptors (Lipinski definition) is 8. The predicted molar refractivity (Wildman–Crippen MR) is 135 cm³/mol. The molecule has 0 spiro atoms. The number of non-ortho nitro benzene ring substituents is 1. The number of nitrogens with one attached hydrogen (secondary N) is 2. The maximum atomic E-state index is 13.3. The lowest BCUT2D eigenvalue weighted by molar-refractivity contribution is -0.384. The molecule has 10 heteroatoms. The van der Waals surface area contributed by atoms with Gasteiger partial charge in [-0.3, -0.25) is 14.9 Å². The van der Waals surface area contributed by atoms with Crippen molar-refractivity contribution in [2.45, 2.75) is 38.6 Å². The number of allylic oxidation sites excluding steroid dienone is 2. The summed E-state index contributed by atoms with van der Waals surface area (Å²) in [7, 11) is 1.23. The average Bonchev–Trinajstić information content (AvgIpc) is 2.90. The molecule has 2 N–H and O–H groups in total. The minimum Gasteiger partial charge on any atom is -0.466 e. The van der Waals surface area contributed by atoms with E-state index in [0.717, 1.165) is 5.56 Å². The maximum Gasteiger partial charge on any atom is 0.336 e. The number of amides is 1. The molecule has 2 atom stereocenters. The summed E-state index contributed by atoms with van der Waals surface area (Å²) in [6, 6.07) is 14.9. The van der Waals surface area contributed by atoms with E-state index >= 15 is 0 Å². The summed E-state index contributed by atoms with van der Waals surface area (Å²) in [6.07, 6.45) is 1.36. The fraction of sp³-hybridized carbons (Fsp3) is 0.296. The molecular formula is C27H29N3O7. The molecule has 2 unspecified atom stereocenters. The van der Waals surface area contributed by atoms with Gasteiger partial charge in [0, 0.05) is 23.5 Å². The number of hydrogen-bond donors (Lipinski definition) is 2. The van der Waals surface area contributed by atoms with Gasteiger partial charge in [-0.2, -0.15) is 0 Å². The summed E-state index contributed by atoms with van der Waals surface area (Å²) in [5.74, 6) is -2.29. The highest BCUT2D eigenvalue weighted by molar-refractivity contribution is 6.00. The first kappa shape index (κ1) is 27.1. The van der Waals surface area contributed by atoms with E-state index in [1.807, 2.05) is 30.3 Å². The summed E-state index contributed by atoms with van der Waals surface area (Å²) < 4.78 is 10.4. The third-order valence-electron chi connectivity index (χ3n) is 6.11. The molecule has 10 nitrogen and oxygen atoms in total. The van der Waals surface area contributed by atoms with Gasteiger partial charge in [-0.25, -0.2) is 9.59 Å². The molecule has 2 aromatic carbocycles. The summed E-state index contributed by atoms with van der Waals surface area (Å²) in [4.78, 5) is 48.4. The first-order chi connectivity index (χ1) is 17.8. The molecule has 1 aliphatic rings. The minimum atomic E-state index is -0.961. The SMILES string of the molecule is CCOC(=O)C1=C(CCC(NC=O)c2ccccc2)NC(C)=C(C(=O)OC)C1c1cccc([N+](=O)[O-])c1. The van der Waals surface area contributed by atoms with Crippen LogP contribution >= 0.6 is 0 Å². The highest BCUT2D eigenvalue weighted by atomic mass is 16.6. The number of methoxy groups -OCH3 is 1. The molecule has 1 aliphatic heterocycles. The van der Waals surface area contributed by atoms with Gasteiger partial charge < -0.3 is 20.1 Å². The zero-order valence-corrected chi connectivity index (χ0v) is 20.9. The van der Waals surface area contributed by atoms with Crippen LogP contribution in [0.5, 0.6) is 0 Å². The Bertz CT molecular complexity index is 1240.